The monoisotopic (exact) mass is 699 g/mol. The van der Waals surface area contributed by atoms with Gasteiger partial charge < -0.3 is 4.90 Å². The van der Waals surface area contributed by atoms with Crippen molar-refractivity contribution < 1.29 is 0 Å². The minimum atomic E-state index is 1.09. The van der Waals surface area contributed by atoms with Gasteiger partial charge in [0.2, 0.25) is 0 Å². The molecule has 0 aliphatic rings. The first-order chi connectivity index (χ1) is 27.3. The van der Waals surface area contributed by atoms with Crippen molar-refractivity contribution in [1.29, 1.82) is 0 Å². The zero-order chi connectivity index (χ0) is 36.6. The largest absolute Gasteiger partial charge is 0.309 e. The first-order valence-corrected chi connectivity index (χ1v) is 18.9. The molecule has 0 heterocycles. The second-order valence-electron chi connectivity index (χ2n) is 14.0. The van der Waals surface area contributed by atoms with E-state index in [1.807, 2.05) is 0 Å². The van der Waals surface area contributed by atoms with Gasteiger partial charge in [-0.15, -0.1) is 0 Å². The maximum Gasteiger partial charge on any atom is 0.0540 e. The molecule has 0 saturated heterocycles. The van der Waals surface area contributed by atoms with E-state index < -0.39 is 0 Å². The standard InChI is InChI=1S/C54H37N/c1-3-17-38(18-4-1)46-27-9-11-33-52(46)55(43-25-13-24-42(37-43)45-29-16-31-48-44-26-8-7-21-40(44)35-36-49(45)48)53-34-12-10-28-50(53)51-32-15-23-41-22-14-30-47(54(41)51)39-19-5-2-6-20-39/h1-37H. The summed E-state index contributed by atoms with van der Waals surface area (Å²) in [6.45, 7) is 0. The molecule has 0 atom stereocenters. The van der Waals surface area contributed by atoms with Crippen molar-refractivity contribution in [1.82, 2.24) is 0 Å². The van der Waals surface area contributed by atoms with E-state index in [1.165, 1.54) is 76.8 Å². The van der Waals surface area contributed by atoms with Crippen LogP contribution in [0.1, 0.15) is 0 Å². The number of para-hydroxylation sites is 2. The Hall–Kier alpha value is -7.22. The SMILES string of the molecule is c1ccc(-c2ccccc2N(c2cccc(-c3cccc4c3ccc3ccccc34)c2)c2ccccc2-c2cccc3cccc(-c4ccccc4)c23)cc1. The van der Waals surface area contributed by atoms with Crippen molar-refractivity contribution in [3.05, 3.63) is 224 Å². The number of benzene rings is 10. The Balaban J connectivity index is 1.23. The molecule has 258 valence electrons. The van der Waals surface area contributed by atoms with Crippen LogP contribution >= 0.6 is 0 Å². The van der Waals surface area contributed by atoms with E-state index in [-0.39, 0.29) is 0 Å². The third-order valence-electron chi connectivity index (χ3n) is 10.9. The van der Waals surface area contributed by atoms with Gasteiger partial charge in [0, 0.05) is 16.8 Å². The molecule has 10 aromatic rings. The van der Waals surface area contributed by atoms with Gasteiger partial charge in [0.25, 0.3) is 0 Å². The molecular weight excluding hydrogens is 663 g/mol. The molecule has 0 saturated carbocycles. The smallest absolute Gasteiger partial charge is 0.0540 e. The average Bonchev–Trinajstić information content (AvgIpc) is 3.27. The minimum absolute atomic E-state index is 1.09. The summed E-state index contributed by atoms with van der Waals surface area (Å²) in [6.07, 6.45) is 0. The van der Waals surface area contributed by atoms with Crippen molar-refractivity contribution in [3.63, 3.8) is 0 Å². The highest BCUT2D eigenvalue weighted by molar-refractivity contribution is 6.13. The number of anilines is 3. The summed E-state index contributed by atoms with van der Waals surface area (Å²) in [5.41, 5.74) is 12.9. The first-order valence-electron chi connectivity index (χ1n) is 18.9. The summed E-state index contributed by atoms with van der Waals surface area (Å²) in [5, 5.41) is 7.51. The molecule has 1 nitrogen and oxygen atoms in total. The van der Waals surface area contributed by atoms with E-state index >= 15 is 0 Å². The Bertz CT molecular complexity index is 2980. The molecule has 0 amide bonds. The molecular formula is C54H37N. The number of nitrogens with zero attached hydrogens (tertiary/aromatic N) is 1. The lowest BCUT2D eigenvalue weighted by molar-refractivity contribution is 1.28. The molecule has 0 aromatic heterocycles. The molecule has 0 spiro atoms. The Labute approximate surface area is 322 Å². The maximum absolute atomic E-state index is 2.46. The lowest BCUT2D eigenvalue weighted by atomic mass is 9.90. The van der Waals surface area contributed by atoms with Crippen LogP contribution in [0.25, 0.3) is 76.8 Å². The number of rotatable bonds is 7. The van der Waals surface area contributed by atoms with Crippen LogP contribution in [0.15, 0.2) is 224 Å². The third kappa shape index (κ3) is 5.84. The molecule has 10 aromatic carbocycles. The fourth-order valence-corrected chi connectivity index (χ4v) is 8.36. The van der Waals surface area contributed by atoms with Crippen molar-refractivity contribution in [2.75, 3.05) is 4.90 Å². The van der Waals surface area contributed by atoms with Crippen LogP contribution in [-0.2, 0) is 0 Å². The van der Waals surface area contributed by atoms with Crippen molar-refractivity contribution >= 4 is 49.4 Å². The molecule has 10 rings (SSSR count). The van der Waals surface area contributed by atoms with Gasteiger partial charge in [-0.1, -0.05) is 200 Å². The first kappa shape index (κ1) is 32.4. The van der Waals surface area contributed by atoms with Crippen molar-refractivity contribution in [2.45, 2.75) is 0 Å². The Kier molecular flexibility index (Phi) is 8.24. The summed E-state index contributed by atoms with van der Waals surface area (Å²) in [7, 11) is 0. The van der Waals surface area contributed by atoms with E-state index in [2.05, 4.69) is 229 Å². The summed E-state index contributed by atoms with van der Waals surface area (Å²) < 4.78 is 0. The van der Waals surface area contributed by atoms with Gasteiger partial charge in [-0.3, -0.25) is 0 Å². The maximum atomic E-state index is 2.46. The topological polar surface area (TPSA) is 3.24 Å². The van der Waals surface area contributed by atoms with Crippen molar-refractivity contribution in [2.24, 2.45) is 0 Å². The van der Waals surface area contributed by atoms with Gasteiger partial charge in [-0.05, 0) is 90.0 Å². The minimum Gasteiger partial charge on any atom is -0.309 e. The average molecular weight is 700 g/mol. The van der Waals surface area contributed by atoms with Crippen LogP contribution < -0.4 is 4.90 Å². The Morgan fingerprint density at radius 3 is 1.55 bits per heavy atom. The third-order valence-corrected chi connectivity index (χ3v) is 10.9. The van der Waals surface area contributed by atoms with Crippen LogP contribution in [-0.4, -0.2) is 0 Å². The van der Waals surface area contributed by atoms with E-state index in [9.17, 15) is 0 Å². The highest BCUT2D eigenvalue weighted by atomic mass is 15.1. The molecule has 0 unspecified atom stereocenters. The summed E-state index contributed by atoms with van der Waals surface area (Å²) in [6, 6.07) is 81.5. The van der Waals surface area contributed by atoms with E-state index in [1.54, 1.807) is 0 Å². The lowest BCUT2D eigenvalue weighted by Crippen LogP contribution is -2.12. The van der Waals surface area contributed by atoms with E-state index in [0.717, 1.165) is 17.1 Å². The zero-order valence-electron chi connectivity index (χ0n) is 30.3. The van der Waals surface area contributed by atoms with Crippen LogP contribution in [0.3, 0.4) is 0 Å². The normalized spacial score (nSPS) is 11.3. The van der Waals surface area contributed by atoms with Crippen LogP contribution in [0.5, 0.6) is 0 Å². The van der Waals surface area contributed by atoms with Gasteiger partial charge in [-0.2, -0.15) is 0 Å². The highest BCUT2D eigenvalue weighted by Crippen LogP contribution is 2.47. The molecule has 0 radical (unpaired) electrons. The van der Waals surface area contributed by atoms with Crippen LogP contribution in [0.4, 0.5) is 17.1 Å². The van der Waals surface area contributed by atoms with Crippen LogP contribution in [0.2, 0.25) is 0 Å². The molecule has 0 aliphatic heterocycles. The molecule has 0 bridgehead atoms. The predicted molar refractivity (Wildman–Crippen MR) is 235 cm³/mol. The second kappa shape index (κ2) is 14.0. The Morgan fingerprint density at radius 2 is 0.764 bits per heavy atom. The lowest BCUT2D eigenvalue weighted by Gasteiger charge is -2.30. The predicted octanol–water partition coefficient (Wildman–Crippen LogP) is 15.3. The fraction of sp³-hybridized carbons (Fsp3) is 0. The fourth-order valence-electron chi connectivity index (χ4n) is 8.36. The summed E-state index contributed by atoms with van der Waals surface area (Å²) in [5.74, 6) is 0. The van der Waals surface area contributed by atoms with E-state index in [4.69, 9.17) is 0 Å². The molecule has 0 fully saturated rings. The number of fused-ring (bicyclic) bond motifs is 4. The van der Waals surface area contributed by atoms with Gasteiger partial charge in [0.15, 0.2) is 0 Å². The van der Waals surface area contributed by atoms with Crippen LogP contribution in [0, 0.1) is 0 Å². The number of hydrogen-bond donors (Lipinski definition) is 0. The molecule has 0 N–H and O–H groups in total. The van der Waals surface area contributed by atoms with Crippen molar-refractivity contribution in [3.8, 4) is 44.5 Å². The quantitative estimate of drug-likeness (QED) is 0.150. The van der Waals surface area contributed by atoms with Gasteiger partial charge in [0.1, 0.15) is 0 Å². The number of hydrogen-bond acceptors (Lipinski definition) is 1. The summed E-state index contributed by atoms with van der Waals surface area (Å²) in [4.78, 5) is 2.46. The van der Waals surface area contributed by atoms with E-state index in [0.29, 0.717) is 0 Å². The molecule has 1 heteroatoms. The Morgan fingerprint density at radius 1 is 0.255 bits per heavy atom. The molecule has 0 aliphatic carbocycles. The van der Waals surface area contributed by atoms with Gasteiger partial charge in [-0.25, -0.2) is 0 Å². The second-order valence-corrected chi connectivity index (χ2v) is 14.0. The van der Waals surface area contributed by atoms with Gasteiger partial charge >= 0.3 is 0 Å². The highest BCUT2D eigenvalue weighted by Gasteiger charge is 2.22. The zero-order valence-corrected chi connectivity index (χ0v) is 30.3. The van der Waals surface area contributed by atoms with Gasteiger partial charge in [0.05, 0.1) is 11.4 Å². The molecule has 55 heavy (non-hydrogen) atoms. The summed E-state index contributed by atoms with van der Waals surface area (Å²) >= 11 is 0.